The lowest BCUT2D eigenvalue weighted by Crippen LogP contribution is -2.05. The zero-order valence-corrected chi connectivity index (χ0v) is 10.6. The van der Waals surface area contributed by atoms with Crippen molar-refractivity contribution in [2.75, 3.05) is 0 Å². The predicted molar refractivity (Wildman–Crippen MR) is 66.0 cm³/mol. The first-order valence-electron chi connectivity index (χ1n) is 5.27. The average Bonchev–Trinajstić information content (AvgIpc) is 2.76. The number of carboxylic acid groups (broad SMARTS) is 1. The van der Waals surface area contributed by atoms with Crippen molar-refractivity contribution in [3.8, 4) is 0 Å². The number of fused-ring (bicyclic) bond motifs is 1. The Morgan fingerprint density at radius 1 is 1.53 bits per heavy atom. The number of aliphatic carboxylic acids is 1. The highest BCUT2D eigenvalue weighted by Gasteiger charge is 2.21. The maximum absolute atomic E-state index is 10.8. The number of rotatable bonds is 5. The minimum atomic E-state index is -0.906. The molecule has 1 aromatic carbocycles. The van der Waals surface area contributed by atoms with Crippen molar-refractivity contribution in [1.29, 1.82) is 0 Å². The molecule has 2 rings (SSSR count). The van der Waals surface area contributed by atoms with Gasteiger partial charge in [-0.1, -0.05) is 6.92 Å². The van der Waals surface area contributed by atoms with Crippen molar-refractivity contribution >= 4 is 34.5 Å². The third kappa shape index (κ3) is 2.81. The van der Waals surface area contributed by atoms with E-state index in [9.17, 15) is 14.9 Å². The van der Waals surface area contributed by atoms with Gasteiger partial charge in [-0.2, -0.15) is 0 Å². The third-order valence-electron chi connectivity index (χ3n) is 2.34. The van der Waals surface area contributed by atoms with Crippen LogP contribution < -0.4 is 0 Å². The number of carboxylic acids is 1. The molecule has 100 valence electrons. The molecule has 0 saturated carbocycles. The van der Waals surface area contributed by atoms with Crippen molar-refractivity contribution in [2.45, 2.75) is 23.5 Å². The van der Waals surface area contributed by atoms with Gasteiger partial charge in [0.2, 0.25) is 5.52 Å². The highest BCUT2D eigenvalue weighted by molar-refractivity contribution is 8.00. The number of hydrogen-bond donors (Lipinski definition) is 1. The standard InChI is InChI=1S/C10H9N3O5S/c1-5(4-8(14)15)19-7-3-2-6(13(16)17)9-10(7)12-18-11-9/h2-3,5H,4H2,1H3,(H,14,15). The molecule has 0 aliphatic rings. The fourth-order valence-corrected chi connectivity index (χ4v) is 2.63. The molecule has 19 heavy (non-hydrogen) atoms. The van der Waals surface area contributed by atoms with E-state index in [4.69, 9.17) is 5.11 Å². The molecule has 1 aromatic heterocycles. The minimum absolute atomic E-state index is 0.0194. The number of benzene rings is 1. The number of nitro benzene ring substituents is 1. The fraction of sp³-hybridized carbons (Fsp3) is 0.300. The molecule has 1 unspecified atom stereocenters. The number of nitrogens with zero attached hydrogens (tertiary/aromatic N) is 3. The van der Waals surface area contributed by atoms with Gasteiger partial charge in [0.05, 0.1) is 11.3 Å². The van der Waals surface area contributed by atoms with Crippen LogP contribution in [0.1, 0.15) is 13.3 Å². The SMILES string of the molecule is CC(CC(=O)O)Sc1ccc([N+](=O)[O-])c2nonc12. The molecule has 8 nitrogen and oxygen atoms in total. The molecule has 1 heterocycles. The van der Waals surface area contributed by atoms with Crippen molar-refractivity contribution < 1.29 is 19.5 Å². The number of aromatic nitrogens is 2. The highest BCUT2D eigenvalue weighted by Crippen LogP contribution is 2.34. The molecule has 2 aromatic rings. The van der Waals surface area contributed by atoms with Crippen LogP contribution in [-0.2, 0) is 4.79 Å². The van der Waals surface area contributed by atoms with Gasteiger partial charge in [0.25, 0.3) is 0 Å². The normalized spacial score (nSPS) is 12.5. The Morgan fingerprint density at radius 2 is 2.21 bits per heavy atom. The van der Waals surface area contributed by atoms with Gasteiger partial charge in [0.15, 0.2) is 5.52 Å². The summed E-state index contributed by atoms with van der Waals surface area (Å²) in [5, 5.41) is 26.5. The summed E-state index contributed by atoms with van der Waals surface area (Å²) in [6, 6.07) is 2.83. The van der Waals surface area contributed by atoms with Crippen LogP contribution in [0.2, 0.25) is 0 Å². The van der Waals surface area contributed by atoms with E-state index in [1.54, 1.807) is 6.92 Å². The van der Waals surface area contributed by atoms with Gasteiger partial charge in [-0.25, -0.2) is 4.63 Å². The molecule has 1 N–H and O–H groups in total. The van der Waals surface area contributed by atoms with Gasteiger partial charge in [0.1, 0.15) is 0 Å². The number of hydrogen-bond acceptors (Lipinski definition) is 7. The van der Waals surface area contributed by atoms with Crippen LogP contribution in [0.4, 0.5) is 5.69 Å². The Hall–Kier alpha value is -2.16. The fourth-order valence-electron chi connectivity index (χ4n) is 1.58. The summed E-state index contributed by atoms with van der Waals surface area (Å²) in [4.78, 5) is 21.5. The van der Waals surface area contributed by atoms with E-state index in [2.05, 4.69) is 14.9 Å². The maximum Gasteiger partial charge on any atom is 0.304 e. The zero-order valence-electron chi connectivity index (χ0n) is 9.77. The summed E-state index contributed by atoms with van der Waals surface area (Å²) in [5.74, 6) is -0.906. The summed E-state index contributed by atoms with van der Waals surface area (Å²) in [7, 11) is 0. The van der Waals surface area contributed by atoms with Gasteiger partial charge < -0.3 is 5.11 Å². The maximum atomic E-state index is 10.8. The topological polar surface area (TPSA) is 119 Å². The Bertz CT molecular complexity index is 641. The van der Waals surface area contributed by atoms with Crippen LogP contribution in [0, 0.1) is 10.1 Å². The molecule has 9 heteroatoms. The van der Waals surface area contributed by atoms with Crippen LogP contribution in [0.3, 0.4) is 0 Å². The largest absolute Gasteiger partial charge is 0.481 e. The van der Waals surface area contributed by atoms with Crippen molar-refractivity contribution in [1.82, 2.24) is 10.3 Å². The monoisotopic (exact) mass is 283 g/mol. The van der Waals surface area contributed by atoms with Gasteiger partial charge in [0, 0.05) is 16.2 Å². The quantitative estimate of drug-likeness (QED) is 0.503. The molecular formula is C10H9N3O5S. The summed E-state index contributed by atoms with van der Waals surface area (Å²) in [5.41, 5.74) is 0.153. The second-order valence-electron chi connectivity index (χ2n) is 3.83. The van der Waals surface area contributed by atoms with Crippen LogP contribution in [0.5, 0.6) is 0 Å². The molecule has 0 aliphatic heterocycles. The molecular weight excluding hydrogens is 274 g/mol. The highest BCUT2D eigenvalue weighted by atomic mass is 32.2. The van der Waals surface area contributed by atoms with E-state index in [-0.39, 0.29) is 28.4 Å². The molecule has 0 fully saturated rings. The van der Waals surface area contributed by atoms with Gasteiger partial charge in [-0.3, -0.25) is 14.9 Å². The van der Waals surface area contributed by atoms with E-state index in [1.807, 2.05) is 0 Å². The van der Waals surface area contributed by atoms with E-state index < -0.39 is 10.9 Å². The Balaban J connectivity index is 2.35. The molecule has 0 radical (unpaired) electrons. The first kappa shape index (κ1) is 13.3. The minimum Gasteiger partial charge on any atom is -0.481 e. The summed E-state index contributed by atoms with van der Waals surface area (Å²) < 4.78 is 4.52. The molecule has 0 saturated heterocycles. The molecule has 1 atom stereocenters. The Morgan fingerprint density at radius 3 is 2.84 bits per heavy atom. The summed E-state index contributed by atoms with van der Waals surface area (Å²) in [6.45, 7) is 1.75. The van der Waals surface area contributed by atoms with Crippen LogP contribution in [0.15, 0.2) is 21.7 Å². The van der Waals surface area contributed by atoms with E-state index in [0.29, 0.717) is 4.90 Å². The molecule has 0 spiro atoms. The number of carbonyl (C=O) groups is 1. The Labute approximate surface area is 110 Å². The second-order valence-corrected chi connectivity index (χ2v) is 5.31. The first-order chi connectivity index (χ1) is 8.99. The van der Waals surface area contributed by atoms with Crippen molar-refractivity contribution in [2.24, 2.45) is 0 Å². The van der Waals surface area contributed by atoms with E-state index in [0.717, 1.165) is 0 Å². The summed E-state index contributed by atoms with van der Waals surface area (Å²) >= 11 is 1.26. The smallest absolute Gasteiger partial charge is 0.304 e. The average molecular weight is 283 g/mol. The van der Waals surface area contributed by atoms with Crippen LogP contribution >= 0.6 is 11.8 Å². The lowest BCUT2D eigenvalue weighted by Gasteiger charge is -2.07. The van der Waals surface area contributed by atoms with E-state index >= 15 is 0 Å². The summed E-state index contributed by atoms with van der Waals surface area (Å²) in [6.07, 6.45) is -0.0194. The second kappa shape index (κ2) is 5.22. The number of thioether (sulfide) groups is 1. The first-order valence-corrected chi connectivity index (χ1v) is 6.15. The van der Waals surface area contributed by atoms with Gasteiger partial charge >= 0.3 is 11.7 Å². The third-order valence-corrected chi connectivity index (χ3v) is 3.50. The van der Waals surface area contributed by atoms with Crippen LogP contribution in [0.25, 0.3) is 11.0 Å². The van der Waals surface area contributed by atoms with Gasteiger partial charge in [-0.05, 0) is 16.4 Å². The molecule has 0 amide bonds. The number of non-ortho nitro benzene ring substituents is 1. The number of nitro groups is 1. The van der Waals surface area contributed by atoms with Crippen molar-refractivity contribution in [3.05, 3.63) is 22.2 Å². The van der Waals surface area contributed by atoms with E-state index in [1.165, 1.54) is 23.9 Å². The van der Waals surface area contributed by atoms with Crippen LogP contribution in [-0.4, -0.2) is 31.6 Å². The molecule has 0 aliphatic carbocycles. The lowest BCUT2D eigenvalue weighted by atomic mass is 10.3. The molecule has 0 bridgehead atoms. The zero-order chi connectivity index (χ0) is 14.0. The van der Waals surface area contributed by atoms with Gasteiger partial charge in [-0.15, -0.1) is 11.8 Å². The Kier molecular flexibility index (Phi) is 3.65. The lowest BCUT2D eigenvalue weighted by molar-refractivity contribution is -0.383. The van der Waals surface area contributed by atoms with Crippen molar-refractivity contribution in [3.63, 3.8) is 0 Å². The predicted octanol–water partition coefficient (Wildman–Crippen LogP) is 2.09.